The molecular formula is C17H13NO2Se. The van der Waals surface area contributed by atoms with Crippen LogP contribution in [0.25, 0.3) is 0 Å². The van der Waals surface area contributed by atoms with Crippen LogP contribution in [0.1, 0.15) is 27.6 Å². The van der Waals surface area contributed by atoms with Crippen LogP contribution in [-0.2, 0) is 0 Å². The number of nitrogen functional groups attached to an aromatic ring is 1. The number of rotatable bonds is 2. The third-order valence-corrected chi connectivity index (χ3v) is 5.93. The zero-order chi connectivity index (χ0) is 15.0. The molecule has 104 valence electrons. The topological polar surface area (TPSA) is 60.2 Å². The van der Waals surface area contributed by atoms with Crippen LogP contribution in [0.5, 0.6) is 0 Å². The van der Waals surface area contributed by atoms with Gasteiger partial charge in [-0.05, 0) is 0 Å². The third kappa shape index (κ3) is 2.44. The summed E-state index contributed by atoms with van der Waals surface area (Å²) < 4.78 is 1.67. The molecule has 0 unspecified atom stereocenters. The third-order valence-electron chi connectivity index (χ3n) is 3.40. The molecule has 4 heteroatoms. The van der Waals surface area contributed by atoms with Gasteiger partial charge < -0.3 is 0 Å². The van der Waals surface area contributed by atoms with E-state index in [1.807, 2.05) is 24.3 Å². The minimum absolute atomic E-state index is 0.0282. The number of hydrogen-bond donors (Lipinski definition) is 1. The zero-order valence-electron chi connectivity index (χ0n) is 11.4. The van der Waals surface area contributed by atoms with Crippen LogP contribution in [-0.4, -0.2) is 26.5 Å². The molecule has 0 spiro atoms. The second-order valence-electron chi connectivity index (χ2n) is 4.83. The Kier molecular flexibility index (Phi) is 3.50. The Labute approximate surface area is 129 Å². The van der Waals surface area contributed by atoms with Gasteiger partial charge in [0.05, 0.1) is 0 Å². The van der Waals surface area contributed by atoms with Crippen LogP contribution in [0.2, 0.25) is 0 Å². The molecule has 1 aliphatic carbocycles. The molecule has 2 N–H and O–H groups in total. The van der Waals surface area contributed by atoms with E-state index in [1.54, 1.807) is 31.2 Å². The first kappa shape index (κ1) is 13.8. The van der Waals surface area contributed by atoms with Crippen LogP contribution in [0.15, 0.2) is 58.6 Å². The molecule has 0 aliphatic heterocycles. The molecule has 0 aromatic heterocycles. The van der Waals surface area contributed by atoms with E-state index in [4.69, 9.17) is 5.73 Å². The number of benzene rings is 2. The molecule has 2 aromatic rings. The molecule has 0 atom stereocenters. The van der Waals surface area contributed by atoms with Gasteiger partial charge in [0.2, 0.25) is 0 Å². The predicted molar refractivity (Wildman–Crippen MR) is 84.0 cm³/mol. The zero-order valence-corrected chi connectivity index (χ0v) is 13.1. The molecule has 0 amide bonds. The van der Waals surface area contributed by atoms with Crippen molar-refractivity contribution in [2.24, 2.45) is 0 Å². The molecule has 1 aliphatic rings. The van der Waals surface area contributed by atoms with Crippen LogP contribution < -0.4 is 10.2 Å². The van der Waals surface area contributed by atoms with Crippen molar-refractivity contribution in [3.05, 3.63) is 69.7 Å². The Morgan fingerprint density at radius 1 is 0.857 bits per heavy atom. The quantitative estimate of drug-likeness (QED) is 0.670. The van der Waals surface area contributed by atoms with Gasteiger partial charge in [-0.15, -0.1) is 0 Å². The normalized spacial score (nSPS) is 14.3. The van der Waals surface area contributed by atoms with Gasteiger partial charge in [0.25, 0.3) is 0 Å². The molecule has 0 heterocycles. The van der Waals surface area contributed by atoms with E-state index in [9.17, 15) is 9.59 Å². The van der Waals surface area contributed by atoms with Crippen LogP contribution in [0, 0.1) is 0 Å². The van der Waals surface area contributed by atoms with Crippen LogP contribution >= 0.6 is 0 Å². The van der Waals surface area contributed by atoms with E-state index in [-0.39, 0.29) is 26.5 Å². The minimum atomic E-state index is -0.196. The molecule has 0 bridgehead atoms. The van der Waals surface area contributed by atoms with Gasteiger partial charge in [0.1, 0.15) is 0 Å². The molecular weight excluding hydrogens is 329 g/mol. The number of Topliss-reactive ketones (excluding diaryl/α,β-unsaturated/α-hetero) is 2. The number of allylic oxidation sites excluding steroid dienone is 2. The maximum absolute atomic E-state index is 12.6. The number of carbonyl (C=O) groups excluding carboxylic acids is 2. The average molecular weight is 342 g/mol. The molecule has 21 heavy (non-hydrogen) atoms. The van der Waals surface area contributed by atoms with Crippen LogP contribution in [0.4, 0.5) is 5.69 Å². The standard InChI is InChI=1S/C17H13NO2Se/c1-10-15(19)13-4-2-3-5-14(13)16(20)17(10)21-12-8-6-11(18)7-9-12/h2-9H,18H2,1H3. The molecule has 3 rings (SSSR count). The van der Waals surface area contributed by atoms with Gasteiger partial charge in [-0.25, -0.2) is 0 Å². The van der Waals surface area contributed by atoms with Gasteiger partial charge in [-0.1, -0.05) is 0 Å². The van der Waals surface area contributed by atoms with Crippen molar-refractivity contribution in [1.82, 2.24) is 0 Å². The number of fused-ring (bicyclic) bond motifs is 1. The van der Waals surface area contributed by atoms with Gasteiger partial charge in [0, 0.05) is 0 Å². The Hall–Kier alpha value is -2.16. The van der Waals surface area contributed by atoms with E-state index in [0.717, 1.165) is 4.46 Å². The fourth-order valence-corrected chi connectivity index (χ4v) is 4.26. The number of anilines is 1. The van der Waals surface area contributed by atoms with Gasteiger partial charge in [-0.3, -0.25) is 0 Å². The van der Waals surface area contributed by atoms with Crippen LogP contribution in [0.3, 0.4) is 0 Å². The fraction of sp³-hybridized carbons (Fsp3) is 0.0588. The Bertz CT molecular complexity index is 776. The van der Waals surface area contributed by atoms with Crippen molar-refractivity contribution >= 4 is 36.7 Å². The Morgan fingerprint density at radius 2 is 1.43 bits per heavy atom. The summed E-state index contributed by atoms with van der Waals surface area (Å²) in [6.07, 6.45) is 0. The summed E-state index contributed by atoms with van der Waals surface area (Å²) in [5.41, 5.74) is 7.96. The summed E-state index contributed by atoms with van der Waals surface area (Å²) in [4.78, 5) is 25.0. The summed E-state index contributed by atoms with van der Waals surface area (Å²) in [5.74, 6) is -0.0722. The van der Waals surface area contributed by atoms with Crippen molar-refractivity contribution in [3.8, 4) is 0 Å². The van der Waals surface area contributed by atoms with Gasteiger partial charge >= 0.3 is 129 Å². The predicted octanol–water partition coefficient (Wildman–Crippen LogP) is 1.95. The molecule has 0 saturated heterocycles. The van der Waals surface area contributed by atoms with Crippen molar-refractivity contribution < 1.29 is 9.59 Å². The van der Waals surface area contributed by atoms with E-state index >= 15 is 0 Å². The SMILES string of the molecule is CC1=C([Se]c2ccc(N)cc2)C(=O)c2ccccc2C1=O. The van der Waals surface area contributed by atoms with Crippen molar-refractivity contribution in [3.63, 3.8) is 0 Å². The summed E-state index contributed by atoms with van der Waals surface area (Å²) in [6.45, 7) is 1.74. The van der Waals surface area contributed by atoms with E-state index in [1.165, 1.54) is 0 Å². The second-order valence-corrected chi connectivity index (χ2v) is 7.10. The molecule has 0 saturated carbocycles. The fourth-order valence-electron chi connectivity index (χ4n) is 2.25. The molecule has 0 radical (unpaired) electrons. The number of carbonyl (C=O) groups is 2. The summed E-state index contributed by atoms with van der Waals surface area (Å²) in [7, 11) is 0. The van der Waals surface area contributed by atoms with E-state index in [0.29, 0.717) is 26.9 Å². The molecule has 2 aromatic carbocycles. The molecule has 3 nitrogen and oxygen atoms in total. The van der Waals surface area contributed by atoms with Gasteiger partial charge in [-0.2, -0.15) is 0 Å². The maximum atomic E-state index is 12.6. The number of ketones is 2. The van der Waals surface area contributed by atoms with Crippen molar-refractivity contribution in [1.29, 1.82) is 0 Å². The number of hydrogen-bond acceptors (Lipinski definition) is 3. The second kappa shape index (κ2) is 5.32. The first-order valence-corrected chi connectivity index (χ1v) is 8.22. The summed E-state index contributed by atoms with van der Waals surface area (Å²) in [6, 6.07) is 14.5. The van der Waals surface area contributed by atoms with E-state index < -0.39 is 0 Å². The monoisotopic (exact) mass is 343 g/mol. The molecule has 0 fully saturated rings. The Morgan fingerprint density at radius 3 is 2.05 bits per heavy atom. The summed E-state index contributed by atoms with van der Waals surface area (Å²) >= 11 is -0.196. The van der Waals surface area contributed by atoms with Crippen molar-refractivity contribution in [2.75, 3.05) is 5.73 Å². The first-order valence-electron chi connectivity index (χ1n) is 6.50. The average Bonchev–Trinajstić information content (AvgIpc) is 2.51. The first-order chi connectivity index (χ1) is 10.1. The van der Waals surface area contributed by atoms with E-state index in [2.05, 4.69) is 0 Å². The Balaban J connectivity index is 2.02. The van der Waals surface area contributed by atoms with Gasteiger partial charge in [0.15, 0.2) is 0 Å². The van der Waals surface area contributed by atoms with Crippen molar-refractivity contribution in [2.45, 2.75) is 6.92 Å². The number of nitrogens with two attached hydrogens (primary N) is 1. The summed E-state index contributed by atoms with van der Waals surface area (Å²) in [5, 5.41) is 0.